The summed E-state index contributed by atoms with van der Waals surface area (Å²) in [6.45, 7) is 8.49. The summed E-state index contributed by atoms with van der Waals surface area (Å²) in [6.07, 6.45) is 4.99. The number of aromatic amines is 1. The van der Waals surface area contributed by atoms with Crippen LogP contribution in [0.3, 0.4) is 0 Å². The molecule has 0 amide bonds. The van der Waals surface area contributed by atoms with E-state index in [1.54, 1.807) is 7.11 Å². The number of likely N-dealkylation sites (tertiary alicyclic amines) is 1. The smallest absolute Gasteiger partial charge is 0.253 e. The Morgan fingerprint density at radius 1 is 1.24 bits per heavy atom. The maximum Gasteiger partial charge on any atom is 0.253 e. The highest BCUT2D eigenvalue weighted by atomic mass is 16.5. The number of ether oxygens (including phenoxy) is 2. The highest BCUT2D eigenvalue weighted by Crippen LogP contribution is 2.76. The molecule has 1 aromatic carbocycles. The number of H-pyrrole nitrogens is 1. The second kappa shape index (κ2) is 6.96. The lowest BCUT2D eigenvalue weighted by Crippen LogP contribution is -2.70. The number of nitrogens with one attached hydrogen (secondary N) is 1. The Morgan fingerprint density at radius 3 is 2.79 bits per heavy atom. The quantitative estimate of drug-likeness (QED) is 0.671. The van der Waals surface area contributed by atoms with Crippen molar-refractivity contribution in [3.63, 3.8) is 0 Å². The lowest BCUT2D eigenvalue weighted by atomic mass is 9.50. The van der Waals surface area contributed by atoms with Gasteiger partial charge in [-0.05, 0) is 80.0 Å². The monoisotopic (exact) mass is 448 g/mol. The molecule has 1 N–H and O–H groups in total. The molecule has 5 unspecified atom stereocenters. The summed E-state index contributed by atoms with van der Waals surface area (Å²) < 4.78 is 11.6. The average molecular weight is 449 g/mol. The van der Waals surface area contributed by atoms with Gasteiger partial charge in [-0.15, -0.1) is 0 Å². The van der Waals surface area contributed by atoms with E-state index in [1.165, 1.54) is 23.1 Å². The fourth-order valence-corrected chi connectivity index (χ4v) is 8.46. The number of hydrogen-bond donors (Lipinski definition) is 1. The van der Waals surface area contributed by atoms with Crippen molar-refractivity contribution in [2.45, 2.75) is 75.9 Å². The molecular formula is C28H36N2O3. The van der Waals surface area contributed by atoms with Crippen LogP contribution in [-0.2, 0) is 28.4 Å². The molecule has 2 fully saturated rings. The largest absolute Gasteiger partial charge is 0.497 e. The van der Waals surface area contributed by atoms with Crippen molar-refractivity contribution in [3.8, 4) is 5.75 Å². The van der Waals surface area contributed by atoms with Gasteiger partial charge in [0.1, 0.15) is 5.75 Å². The molecule has 176 valence electrons. The third kappa shape index (κ3) is 2.53. The van der Waals surface area contributed by atoms with Crippen molar-refractivity contribution in [2.24, 2.45) is 5.41 Å². The molecule has 6 rings (SSSR count). The average Bonchev–Trinajstić information content (AvgIpc) is 3.16. The third-order valence-corrected chi connectivity index (χ3v) is 9.67. The topological polar surface area (TPSA) is 54.6 Å². The number of fused-ring (bicyclic) bond motifs is 3. The fraction of sp³-hybridized carbons (Fsp3) is 0.607. The Labute approximate surface area is 196 Å². The van der Waals surface area contributed by atoms with E-state index in [0.717, 1.165) is 49.2 Å². The molecule has 0 radical (unpaired) electrons. The Morgan fingerprint density at radius 2 is 2.06 bits per heavy atom. The molecule has 5 heteroatoms. The van der Waals surface area contributed by atoms with Crippen molar-refractivity contribution >= 4 is 0 Å². The zero-order valence-corrected chi connectivity index (χ0v) is 20.6. The first-order valence-electron chi connectivity index (χ1n) is 12.6. The molecule has 1 aliphatic heterocycles. The lowest BCUT2D eigenvalue weighted by molar-refractivity contribution is -0.0484. The molecule has 2 aromatic rings. The Kier molecular flexibility index (Phi) is 4.52. The molecule has 1 saturated heterocycles. The third-order valence-electron chi connectivity index (χ3n) is 9.67. The minimum atomic E-state index is -0.183. The highest BCUT2D eigenvalue weighted by molar-refractivity contribution is 5.61. The van der Waals surface area contributed by atoms with Gasteiger partial charge in [-0.25, -0.2) is 0 Å². The van der Waals surface area contributed by atoms with Gasteiger partial charge in [-0.2, -0.15) is 0 Å². The first-order valence-corrected chi connectivity index (χ1v) is 12.6. The molecule has 5 atom stereocenters. The van der Waals surface area contributed by atoms with E-state index in [4.69, 9.17) is 9.47 Å². The zero-order chi connectivity index (χ0) is 23.2. The summed E-state index contributed by atoms with van der Waals surface area (Å²) in [4.78, 5) is 19.0. The molecule has 1 saturated carbocycles. The molecule has 3 aliphatic carbocycles. The van der Waals surface area contributed by atoms with Gasteiger partial charge in [0.15, 0.2) is 0 Å². The molecule has 5 nitrogen and oxygen atoms in total. The van der Waals surface area contributed by atoms with E-state index < -0.39 is 0 Å². The van der Waals surface area contributed by atoms with E-state index in [1.807, 2.05) is 6.92 Å². The number of methoxy groups -OCH3 is 1. The number of nitrogens with zero attached hydrogens (tertiary/aromatic N) is 1. The summed E-state index contributed by atoms with van der Waals surface area (Å²) in [5.74, 6) is 0.936. The van der Waals surface area contributed by atoms with Crippen LogP contribution in [0.4, 0.5) is 0 Å². The van der Waals surface area contributed by atoms with Crippen LogP contribution < -0.4 is 10.3 Å². The van der Waals surface area contributed by atoms with Gasteiger partial charge in [0.25, 0.3) is 5.56 Å². The summed E-state index contributed by atoms with van der Waals surface area (Å²) in [5, 5.41) is 0. The number of unbranched alkanes of at least 4 members (excludes halogenated alkanes) is 1. The predicted octanol–water partition coefficient (Wildman–Crippen LogP) is 4.27. The Bertz CT molecular complexity index is 1190. The van der Waals surface area contributed by atoms with E-state index in [2.05, 4.69) is 55.0 Å². The number of rotatable bonds is 6. The molecule has 4 aliphatic rings. The minimum Gasteiger partial charge on any atom is -0.497 e. The summed E-state index contributed by atoms with van der Waals surface area (Å²) in [6, 6.07) is 9.43. The molecule has 2 bridgehead atoms. The number of benzene rings is 1. The highest BCUT2D eigenvalue weighted by Gasteiger charge is 2.78. The maximum absolute atomic E-state index is 13.1. The second-order valence-corrected chi connectivity index (χ2v) is 11.3. The summed E-state index contributed by atoms with van der Waals surface area (Å²) >= 11 is 0. The van der Waals surface area contributed by atoms with Crippen LogP contribution in [-0.4, -0.2) is 43.2 Å². The standard InChI is InChI=1S/C28H36N2O3/c1-6-7-10-33-17(2)20-11-18-13-26(3)25-27(16-30(25)4)15-28(26,14-23(18)29-24(20)31)22-12-19(32-5)8-9-21(22)27/h8-9,11-12,17,25H,6-7,10,13-16H2,1-5H3,(H,29,31). The minimum absolute atomic E-state index is 0.00872. The van der Waals surface area contributed by atoms with E-state index >= 15 is 0 Å². The Hall–Kier alpha value is -2.11. The first kappa shape index (κ1) is 21.4. The van der Waals surface area contributed by atoms with Gasteiger partial charge in [-0.3, -0.25) is 4.79 Å². The van der Waals surface area contributed by atoms with Crippen LogP contribution in [0.15, 0.2) is 29.1 Å². The van der Waals surface area contributed by atoms with Gasteiger partial charge in [0.05, 0.1) is 13.2 Å². The van der Waals surface area contributed by atoms with Crippen molar-refractivity contribution < 1.29 is 9.47 Å². The number of hydrogen-bond acceptors (Lipinski definition) is 4. The molecule has 1 aromatic heterocycles. The van der Waals surface area contributed by atoms with Crippen molar-refractivity contribution in [1.29, 1.82) is 0 Å². The maximum atomic E-state index is 13.1. The van der Waals surface area contributed by atoms with Gasteiger partial charge in [-0.1, -0.05) is 26.3 Å². The van der Waals surface area contributed by atoms with Gasteiger partial charge in [0.2, 0.25) is 0 Å². The van der Waals surface area contributed by atoms with E-state index in [-0.39, 0.29) is 27.9 Å². The van der Waals surface area contributed by atoms with E-state index in [0.29, 0.717) is 12.6 Å². The van der Waals surface area contributed by atoms with Crippen LogP contribution >= 0.6 is 0 Å². The number of pyridine rings is 1. The predicted molar refractivity (Wildman–Crippen MR) is 129 cm³/mol. The number of likely N-dealkylation sites (N-methyl/N-ethyl adjacent to an activating group) is 1. The molecule has 33 heavy (non-hydrogen) atoms. The SMILES string of the molecule is CCCCOC(C)c1cc2c([nH]c1=O)CC13CC4(CN(C)C4C1(C)C2)c1ccc(OC)cc13. The van der Waals surface area contributed by atoms with Crippen LogP contribution in [0.5, 0.6) is 5.75 Å². The normalized spacial score (nSPS) is 34.2. The fourth-order valence-electron chi connectivity index (χ4n) is 8.46. The molecule has 2 heterocycles. The second-order valence-electron chi connectivity index (χ2n) is 11.3. The van der Waals surface area contributed by atoms with Crippen LogP contribution in [0.1, 0.15) is 74.1 Å². The van der Waals surface area contributed by atoms with E-state index in [9.17, 15) is 4.79 Å². The van der Waals surface area contributed by atoms with Gasteiger partial charge >= 0.3 is 0 Å². The first-order chi connectivity index (χ1) is 15.8. The summed E-state index contributed by atoms with van der Waals surface area (Å²) in [7, 11) is 4.04. The molecule has 2 spiro atoms. The van der Waals surface area contributed by atoms with Gasteiger partial charge < -0.3 is 19.4 Å². The van der Waals surface area contributed by atoms with Crippen molar-refractivity contribution in [3.05, 3.63) is 62.6 Å². The zero-order valence-electron chi connectivity index (χ0n) is 20.6. The van der Waals surface area contributed by atoms with Crippen molar-refractivity contribution in [1.82, 2.24) is 9.88 Å². The van der Waals surface area contributed by atoms with Crippen molar-refractivity contribution in [2.75, 3.05) is 27.3 Å². The van der Waals surface area contributed by atoms with Crippen LogP contribution in [0.25, 0.3) is 0 Å². The van der Waals surface area contributed by atoms with Crippen LogP contribution in [0.2, 0.25) is 0 Å². The molecular weight excluding hydrogens is 412 g/mol. The lowest BCUT2D eigenvalue weighted by Gasteiger charge is -2.62. The van der Waals surface area contributed by atoms with Gasteiger partial charge in [0, 0.05) is 41.3 Å². The van der Waals surface area contributed by atoms with Crippen LogP contribution in [0, 0.1) is 5.41 Å². The number of aromatic nitrogens is 1. The summed E-state index contributed by atoms with van der Waals surface area (Å²) in [5.41, 5.74) is 6.56. The Balaban J connectivity index is 1.46.